The van der Waals surface area contributed by atoms with E-state index in [0.717, 1.165) is 22.2 Å². The van der Waals surface area contributed by atoms with Crippen molar-refractivity contribution in [2.45, 2.75) is 19.9 Å². The summed E-state index contributed by atoms with van der Waals surface area (Å²) in [5.74, 6) is -0.166. The molecule has 0 aliphatic carbocycles. The zero-order chi connectivity index (χ0) is 17.1. The van der Waals surface area contributed by atoms with Crippen LogP contribution in [-0.2, 0) is 17.8 Å². The van der Waals surface area contributed by atoms with Crippen LogP contribution in [0.3, 0.4) is 0 Å². The van der Waals surface area contributed by atoms with Crippen LogP contribution in [0.15, 0.2) is 48.5 Å². The van der Waals surface area contributed by atoms with Crippen LogP contribution in [0.5, 0.6) is 0 Å². The van der Waals surface area contributed by atoms with Gasteiger partial charge in [-0.25, -0.2) is 0 Å². The molecule has 0 radical (unpaired) electrons. The average Bonchev–Trinajstić information content (AvgIpc) is 2.89. The molecule has 122 valence electrons. The molecule has 0 atom stereocenters. The van der Waals surface area contributed by atoms with Crippen LogP contribution in [0, 0.1) is 17.0 Å². The third-order valence-corrected chi connectivity index (χ3v) is 4.03. The lowest BCUT2D eigenvalue weighted by molar-refractivity contribution is -0.385. The minimum atomic E-state index is -0.439. The van der Waals surface area contributed by atoms with Gasteiger partial charge in [0.2, 0.25) is 5.91 Å². The maximum Gasteiger partial charge on any atom is 0.274 e. The minimum absolute atomic E-state index is 0.0149. The summed E-state index contributed by atoms with van der Waals surface area (Å²) in [7, 11) is 0. The summed E-state index contributed by atoms with van der Waals surface area (Å²) in [6.45, 7) is 2.07. The van der Waals surface area contributed by atoms with Gasteiger partial charge in [-0.3, -0.25) is 14.9 Å². The number of fused-ring (bicyclic) bond motifs is 1. The Morgan fingerprint density at radius 1 is 1.17 bits per heavy atom. The second-order valence-electron chi connectivity index (χ2n) is 5.61. The Morgan fingerprint density at radius 2 is 1.88 bits per heavy atom. The molecule has 3 rings (SSSR count). The monoisotopic (exact) mass is 323 g/mol. The van der Waals surface area contributed by atoms with Crippen molar-refractivity contribution >= 4 is 22.5 Å². The fourth-order valence-corrected chi connectivity index (χ4v) is 2.82. The molecular formula is C18H17N3O3. The van der Waals surface area contributed by atoms with Crippen LogP contribution in [-0.4, -0.2) is 15.8 Å². The van der Waals surface area contributed by atoms with Crippen LogP contribution in [0.2, 0.25) is 0 Å². The lowest BCUT2D eigenvalue weighted by Crippen LogP contribution is -2.25. The number of H-pyrrole nitrogens is 1. The Labute approximate surface area is 138 Å². The lowest BCUT2D eigenvalue weighted by Gasteiger charge is -2.06. The van der Waals surface area contributed by atoms with E-state index in [1.165, 1.54) is 6.07 Å². The van der Waals surface area contributed by atoms with E-state index in [2.05, 4.69) is 10.3 Å². The maximum atomic E-state index is 12.3. The van der Waals surface area contributed by atoms with Gasteiger partial charge in [0.1, 0.15) is 0 Å². The van der Waals surface area contributed by atoms with E-state index >= 15 is 0 Å². The summed E-state index contributed by atoms with van der Waals surface area (Å²) in [6, 6.07) is 14.2. The Morgan fingerprint density at radius 3 is 2.67 bits per heavy atom. The number of nitro benzene ring substituents is 1. The number of aromatic nitrogens is 1. The number of nitrogens with one attached hydrogen (secondary N) is 2. The number of hydrogen-bond donors (Lipinski definition) is 2. The van der Waals surface area contributed by atoms with Gasteiger partial charge in [0.25, 0.3) is 5.69 Å². The maximum absolute atomic E-state index is 12.3. The molecule has 1 heterocycles. The zero-order valence-corrected chi connectivity index (χ0v) is 13.2. The molecule has 6 heteroatoms. The van der Waals surface area contributed by atoms with Gasteiger partial charge in [-0.05, 0) is 18.6 Å². The number of para-hydroxylation sites is 2. The fourth-order valence-electron chi connectivity index (χ4n) is 2.82. The van der Waals surface area contributed by atoms with Gasteiger partial charge in [0, 0.05) is 34.8 Å². The standard InChI is InChI=1S/C18H17N3O3/c1-12-15(14-7-3-4-8-16(14)20-12)10-18(22)19-11-13-6-2-5-9-17(13)21(23)24/h2-9,20H,10-11H2,1H3,(H,19,22). The highest BCUT2D eigenvalue weighted by atomic mass is 16.6. The van der Waals surface area contributed by atoms with Crippen molar-refractivity contribution in [3.05, 3.63) is 75.5 Å². The number of benzene rings is 2. The van der Waals surface area contributed by atoms with E-state index in [0.29, 0.717) is 5.56 Å². The molecule has 0 bridgehead atoms. The SMILES string of the molecule is Cc1[nH]c2ccccc2c1CC(=O)NCc1ccccc1[N+](=O)[O-]. The summed E-state index contributed by atoms with van der Waals surface area (Å²) in [6.07, 6.45) is 0.233. The predicted octanol–water partition coefficient (Wildman–Crippen LogP) is 3.24. The summed E-state index contributed by atoms with van der Waals surface area (Å²) in [5.41, 5.74) is 3.41. The van der Waals surface area contributed by atoms with Crippen LogP contribution in [0.25, 0.3) is 10.9 Å². The highest BCUT2D eigenvalue weighted by Gasteiger charge is 2.15. The second-order valence-corrected chi connectivity index (χ2v) is 5.61. The van der Waals surface area contributed by atoms with Crippen molar-refractivity contribution in [1.82, 2.24) is 10.3 Å². The highest BCUT2D eigenvalue weighted by Crippen LogP contribution is 2.22. The van der Waals surface area contributed by atoms with Gasteiger partial charge in [0.05, 0.1) is 11.3 Å². The van der Waals surface area contributed by atoms with E-state index in [4.69, 9.17) is 0 Å². The van der Waals surface area contributed by atoms with Crippen LogP contribution >= 0.6 is 0 Å². The molecule has 6 nitrogen and oxygen atoms in total. The normalized spacial score (nSPS) is 10.7. The number of carbonyl (C=O) groups excluding carboxylic acids is 1. The molecule has 0 unspecified atom stereocenters. The van der Waals surface area contributed by atoms with Crippen LogP contribution in [0.1, 0.15) is 16.8 Å². The summed E-state index contributed by atoms with van der Waals surface area (Å²) >= 11 is 0. The largest absolute Gasteiger partial charge is 0.358 e. The van der Waals surface area contributed by atoms with Gasteiger partial charge in [0.15, 0.2) is 0 Å². The third kappa shape index (κ3) is 3.12. The predicted molar refractivity (Wildman–Crippen MR) is 91.7 cm³/mol. The first kappa shape index (κ1) is 15.7. The lowest BCUT2D eigenvalue weighted by atomic mass is 10.1. The fraction of sp³-hybridized carbons (Fsp3) is 0.167. The van der Waals surface area contributed by atoms with Crippen molar-refractivity contribution < 1.29 is 9.72 Å². The van der Waals surface area contributed by atoms with Gasteiger partial charge < -0.3 is 10.3 Å². The molecule has 0 saturated carbocycles. The smallest absolute Gasteiger partial charge is 0.274 e. The molecule has 0 saturated heterocycles. The molecule has 0 fully saturated rings. The molecular weight excluding hydrogens is 306 g/mol. The first-order chi connectivity index (χ1) is 11.6. The number of nitro groups is 1. The van der Waals surface area contributed by atoms with Crippen molar-refractivity contribution in [2.24, 2.45) is 0 Å². The van der Waals surface area contributed by atoms with E-state index < -0.39 is 4.92 Å². The summed E-state index contributed by atoms with van der Waals surface area (Å²) in [5, 5.41) is 14.8. The Hall–Kier alpha value is -3.15. The third-order valence-electron chi connectivity index (χ3n) is 4.03. The first-order valence-electron chi connectivity index (χ1n) is 7.61. The highest BCUT2D eigenvalue weighted by molar-refractivity contribution is 5.90. The minimum Gasteiger partial charge on any atom is -0.358 e. The number of nitrogens with zero attached hydrogens (tertiary/aromatic N) is 1. The second kappa shape index (κ2) is 6.54. The van der Waals surface area contributed by atoms with Gasteiger partial charge in [-0.2, -0.15) is 0 Å². The number of aryl methyl sites for hydroxylation is 1. The van der Waals surface area contributed by atoms with E-state index in [1.807, 2.05) is 31.2 Å². The molecule has 2 aromatic carbocycles. The van der Waals surface area contributed by atoms with Crippen LogP contribution < -0.4 is 5.32 Å². The first-order valence-corrected chi connectivity index (χ1v) is 7.61. The van der Waals surface area contributed by atoms with Crippen molar-refractivity contribution in [3.63, 3.8) is 0 Å². The van der Waals surface area contributed by atoms with E-state index in [9.17, 15) is 14.9 Å². The number of carbonyl (C=O) groups is 1. The Bertz CT molecular complexity index is 915. The Kier molecular flexibility index (Phi) is 4.29. The molecule has 1 aromatic heterocycles. The molecule has 2 N–H and O–H groups in total. The number of aromatic amines is 1. The van der Waals surface area contributed by atoms with Crippen molar-refractivity contribution in [2.75, 3.05) is 0 Å². The number of rotatable bonds is 5. The van der Waals surface area contributed by atoms with E-state index in [1.54, 1.807) is 18.2 Å². The average molecular weight is 323 g/mol. The summed E-state index contributed by atoms with van der Waals surface area (Å²) in [4.78, 5) is 26.1. The van der Waals surface area contributed by atoms with Crippen LogP contribution in [0.4, 0.5) is 5.69 Å². The molecule has 3 aromatic rings. The molecule has 0 aliphatic heterocycles. The van der Waals surface area contributed by atoms with Gasteiger partial charge >= 0.3 is 0 Å². The van der Waals surface area contributed by atoms with Crippen molar-refractivity contribution in [1.29, 1.82) is 0 Å². The topological polar surface area (TPSA) is 88.0 Å². The van der Waals surface area contributed by atoms with E-state index in [-0.39, 0.29) is 24.6 Å². The molecule has 1 amide bonds. The zero-order valence-electron chi connectivity index (χ0n) is 13.2. The van der Waals surface area contributed by atoms with Gasteiger partial charge in [-0.1, -0.05) is 36.4 Å². The molecule has 0 spiro atoms. The molecule has 24 heavy (non-hydrogen) atoms. The van der Waals surface area contributed by atoms with Crippen molar-refractivity contribution in [3.8, 4) is 0 Å². The summed E-state index contributed by atoms with van der Waals surface area (Å²) < 4.78 is 0. The van der Waals surface area contributed by atoms with Gasteiger partial charge in [-0.15, -0.1) is 0 Å². The number of amides is 1. The Balaban J connectivity index is 1.72. The quantitative estimate of drug-likeness (QED) is 0.558. The number of hydrogen-bond acceptors (Lipinski definition) is 3. The molecule has 0 aliphatic rings.